The van der Waals surface area contributed by atoms with Crippen molar-refractivity contribution in [3.63, 3.8) is 0 Å². The van der Waals surface area contributed by atoms with E-state index in [0.29, 0.717) is 18.7 Å². The average molecular weight is 393 g/mol. The Kier molecular flexibility index (Phi) is 4.34. The minimum atomic E-state index is -0.410. The molecule has 29 heavy (non-hydrogen) atoms. The highest BCUT2D eigenvalue weighted by atomic mass is 16.5. The van der Waals surface area contributed by atoms with Gasteiger partial charge in [-0.15, -0.1) is 0 Å². The molecular weight excluding hydrogens is 362 g/mol. The lowest BCUT2D eigenvalue weighted by atomic mass is 9.54. The predicted octanol–water partition coefficient (Wildman–Crippen LogP) is 4.39. The summed E-state index contributed by atoms with van der Waals surface area (Å²) in [6.07, 6.45) is 8.64. The Labute approximate surface area is 173 Å². The molecule has 1 saturated carbocycles. The van der Waals surface area contributed by atoms with Gasteiger partial charge in [-0.05, 0) is 36.7 Å². The van der Waals surface area contributed by atoms with Gasteiger partial charge in [-0.25, -0.2) is 0 Å². The van der Waals surface area contributed by atoms with E-state index in [1.54, 1.807) is 7.11 Å². The van der Waals surface area contributed by atoms with E-state index in [0.717, 1.165) is 31.4 Å². The summed E-state index contributed by atoms with van der Waals surface area (Å²) in [5.74, 6) is 1.52. The van der Waals surface area contributed by atoms with Crippen LogP contribution in [0.25, 0.3) is 0 Å². The zero-order valence-corrected chi connectivity index (χ0v) is 17.6. The van der Waals surface area contributed by atoms with Crippen LogP contribution >= 0.6 is 0 Å². The van der Waals surface area contributed by atoms with Gasteiger partial charge in [0.15, 0.2) is 5.57 Å². The third-order valence-corrected chi connectivity index (χ3v) is 7.48. The number of aliphatic hydroxyl groups excluding tert-OH is 1. The summed E-state index contributed by atoms with van der Waals surface area (Å²) in [6.45, 7) is 4.59. The molecule has 0 amide bonds. The predicted molar refractivity (Wildman–Crippen MR) is 112 cm³/mol. The number of benzene rings is 1. The van der Waals surface area contributed by atoms with Crippen molar-refractivity contribution < 1.29 is 14.6 Å². The second-order valence-corrected chi connectivity index (χ2v) is 9.60. The molecule has 0 radical (unpaired) electrons. The monoisotopic (exact) mass is 392 g/mol. The molecule has 2 unspecified atom stereocenters. The second kappa shape index (κ2) is 6.68. The highest BCUT2D eigenvalue weighted by Crippen LogP contribution is 2.63. The van der Waals surface area contributed by atoms with Crippen LogP contribution in [0.2, 0.25) is 0 Å². The molecule has 1 aromatic rings. The van der Waals surface area contributed by atoms with Gasteiger partial charge in [-0.3, -0.25) is 0 Å². The molecule has 2 heterocycles. The first-order valence-corrected chi connectivity index (χ1v) is 10.8. The Morgan fingerprint density at radius 2 is 2.10 bits per heavy atom. The molecule has 0 saturated heterocycles. The van der Waals surface area contributed by atoms with Crippen molar-refractivity contribution in [3.8, 4) is 0 Å². The SMILES string of the molecule is COC1=N[C@H]2C[C@H](O)CC3=C2C2(CC(C)(Cc4ccccc4)CC[C@H]2O3)C(C)=[C+]1. The van der Waals surface area contributed by atoms with Crippen LogP contribution in [0.3, 0.4) is 0 Å². The minimum absolute atomic E-state index is 0.0854. The molecule has 2 aliphatic carbocycles. The molecule has 4 nitrogen and oxygen atoms in total. The van der Waals surface area contributed by atoms with Crippen LogP contribution in [0.15, 0.2) is 52.2 Å². The fourth-order valence-corrected chi connectivity index (χ4v) is 6.31. The van der Waals surface area contributed by atoms with Crippen molar-refractivity contribution in [1.29, 1.82) is 0 Å². The zero-order valence-electron chi connectivity index (χ0n) is 17.6. The molecule has 4 aliphatic rings. The van der Waals surface area contributed by atoms with Crippen molar-refractivity contribution >= 4 is 5.90 Å². The van der Waals surface area contributed by atoms with E-state index >= 15 is 0 Å². The van der Waals surface area contributed by atoms with Crippen LogP contribution in [0.4, 0.5) is 0 Å². The molecule has 2 aliphatic heterocycles. The summed E-state index contributed by atoms with van der Waals surface area (Å²) in [4.78, 5) is 4.84. The van der Waals surface area contributed by atoms with Crippen molar-refractivity contribution in [2.24, 2.45) is 15.8 Å². The van der Waals surface area contributed by atoms with Crippen LogP contribution in [-0.4, -0.2) is 36.4 Å². The van der Waals surface area contributed by atoms with Gasteiger partial charge in [0.05, 0.1) is 19.3 Å². The van der Waals surface area contributed by atoms with Gasteiger partial charge in [-0.2, -0.15) is 4.99 Å². The van der Waals surface area contributed by atoms with Crippen LogP contribution in [-0.2, 0) is 15.9 Å². The number of rotatable bonds is 2. The fraction of sp³-hybridized carbons (Fsp3) is 0.560. The first-order valence-electron chi connectivity index (χ1n) is 10.8. The van der Waals surface area contributed by atoms with Crippen molar-refractivity contribution in [3.05, 3.63) is 58.9 Å². The number of ether oxygens (including phenoxy) is 2. The van der Waals surface area contributed by atoms with Crippen LogP contribution in [0.1, 0.15) is 51.5 Å². The van der Waals surface area contributed by atoms with E-state index in [2.05, 4.69) is 50.3 Å². The van der Waals surface area contributed by atoms with E-state index in [-0.39, 0.29) is 23.0 Å². The van der Waals surface area contributed by atoms with Crippen LogP contribution in [0.5, 0.6) is 0 Å². The molecule has 1 aromatic carbocycles. The highest BCUT2D eigenvalue weighted by molar-refractivity contribution is 5.85. The van der Waals surface area contributed by atoms with E-state index in [9.17, 15) is 5.11 Å². The molecule has 0 aromatic heterocycles. The van der Waals surface area contributed by atoms with Crippen LogP contribution in [0, 0.1) is 16.9 Å². The lowest BCUT2D eigenvalue weighted by Gasteiger charge is -2.47. The quantitative estimate of drug-likeness (QED) is 0.760. The first-order chi connectivity index (χ1) is 13.9. The normalized spacial score (nSPS) is 38.0. The van der Waals surface area contributed by atoms with Gasteiger partial charge < -0.3 is 14.6 Å². The summed E-state index contributed by atoms with van der Waals surface area (Å²) in [5, 5.41) is 10.5. The average Bonchev–Trinajstić information content (AvgIpc) is 2.95. The van der Waals surface area contributed by atoms with Crippen molar-refractivity contribution in [1.82, 2.24) is 0 Å². The second-order valence-electron chi connectivity index (χ2n) is 9.60. The number of aliphatic imine (C=N–C) groups is 1. The van der Waals surface area contributed by atoms with Gasteiger partial charge in [-0.1, -0.05) is 37.3 Å². The minimum Gasteiger partial charge on any atom is -0.493 e. The van der Waals surface area contributed by atoms with E-state index < -0.39 is 6.10 Å². The van der Waals surface area contributed by atoms with Gasteiger partial charge in [0.2, 0.25) is 0 Å². The topological polar surface area (TPSA) is 51.0 Å². The Morgan fingerprint density at radius 3 is 2.86 bits per heavy atom. The Hall–Kier alpha value is -2.16. The molecule has 1 fully saturated rings. The summed E-state index contributed by atoms with van der Waals surface area (Å²) >= 11 is 0. The van der Waals surface area contributed by atoms with E-state index in [1.165, 1.54) is 16.7 Å². The fourth-order valence-electron chi connectivity index (χ4n) is 6.31. The largest absolute Gasteiger partial charge is 0.493 e. The summed E-state index contributed by atoms with van der Waals surface area (Å²) < 4.78 is 12.1. The highest BCUT2D eigenvalue weighted by Gasteiger charge is 2.64. The van der Waals surface area contributed by atoms with Gasteiger partial charge >= 0.3 is 12.0 Å². The maximum absolute atomic E-state index is 10.5. The number of aliphatic hydroxyl groups is 1. The molecule has 5 atom stereocenters. The summed E-state index contributed by atoms with van der Waals surface area (Å²) in [5.41, 5.74) is 3.84. The van der Waals surface area contributed by atoms with Crippen LogP contribution < -0.4 is 0 Å². The standard InChI is InChI=1S/C25H30NO3/c1-16-11-22(28-3)26-19-12-18(27)13-20-23(19)25(16)15-24(2,10-9-21(25)29-20)14-17-7-5-4-6-8-17/h4-8,18-19,21,27H,9-10,12-15H2,1-3H3/q+1/t18-,19-,21+,24?,25?/m0/s1. The molecule has 5 rings (SSSR count). The molecular formula is C25H30NO3+. The number of nitrogens with zero attached hydrogens (tertiary/aromatic N) is 1. The Morgan fingerprint density at radius 1 is 1.31 bits per heavy atom. The van der Waals surface area contributed by atoms with Gasteiger partial charge in [0.1, 0.15) is 17.3 Å². The van der Waals surface area contributed by atoms with Crippen molar-refractivity contribution in [2.45, 2.75) is 70.6 Å². The smallest absolute Gasteiger partial charge is 0.470 e. The zero-order chi connectivity index (χ0) is 20.2. The maximum atomic E-state index is 10.5. The Bertz CT molecular complexity index is 902. The van der Waals surface area contributed by atoms with Gasteiger partial charge in [0.25, 0.3) is 0 Å². The lowest BCUT2D eigenvalue weighted by molar-refractivity contribution is -0.00983. The third kappa shape index (κ3) is 2.93. The molecule has 152 valence electrons. The number of methoxy groups -OCH3 is 1. The molecule has 1 N–H and O–H groups in total. The summed E-state index contributed by atoms with van der Waals surface area (Å²) in [6, 6.07) is 10.7. The number of hydrogen-bond acceptors (Lipinski definition) is 4. The lowest BCUT2D eigenvalue weighted by Crippen LogP contribution is -2.47. The van der Waals surface area contributed by atoms with E-state index in [1.807, 2.05) is 0 Å². The first kappa shape index (κ1) is 18.8. The molecule has 4 heteroatoms. The van der Waals surface area contributed by atoms with E-state index in [4.69, 9.17) is 14.5 Å². The Balaban J connectivity index is 1.59. The summed E-state index contributed by atoms with van der Waals surface area (Å²) in [7, 11) is 1.65. The maximum Gasteiger partial charge on any atom is 0.470 e. The van der Waals surface area contributed by atoms with Crippen molar-refractivity contribution in [2.75, 3.05) is 7.11 Å². The third-order valence-electron chi connectivity index (χ3n) is 7.48. The molecule has 0 bridgehead atoms. The number of hydrogen-bond donors (Lipinski definition) is 1. The molecule has 1 spiro atoms. The van der Waals surface area contributed by atoms with Gasteiger partial charge in [0, 0.05) is 25.3 Å².